The predicted octanol–water partition coefficient (Wildman–Crippen LogP) is 1.73. The maximum absolute atomic E-state index is 12.5. The number of ether oxygens (including phenoxy) is 1. The van der Waals surface area contributed by atoms with Crippen LogP contribution in [0.4, 0.5) is 11.4 Å². The molecule has 0 aromatic heterocycles. The number of hydrogen-bond acceptors (Lipinski definition) is 5. The van der Waals surface area contributed by atoms with E-state index in [1.165, 1.54) is 6.07 Å². The lowest BCUT2D eigenvalue weighted by molar-refractivity contribution is -0.115. The van der Waals surface area contributed by atoms with Crippen LogP contribution in [0.15, 0.2) is 47.4 Å². The van der Waals surface area contributed by atoms with Gasteiger partial charge >= 0.3 is 0 Å². The van der Waals surface area contributed by atoms with Crippen molar-refractivity contribution in [1.82, 2.24) is 0 Å². The molecule has 1 amide bonds. The fourth-order valence-electron chi connectivity index (χ4n) is 3.18. The summed E-state index contributed by atoms with van der Waals surface area (Å²) in [5.41, 5.74) is 2.32. The molecule has 2 aromatic carbocycles. The number of nitrogens with one attached hydrogen (secondary N) is 1. The summed E-state index contributed by atoms with van der Waals surface area (Å²) in [6, 6.07) is 12.0. The van der Waals surface area contributed by atoms with Crippen molar-refractivity contribution in [1.29, 1.82) is 0 Å². The molecule has 1 atom stereocenters. The molecular formula is C18H21N3O4S. The van der Waals surface area contributed by atoms with Gasteiger partial charge in [0.1, 0.15) is 5.75 Å². The van der Waals surface area contributed by atoms with Gasteiger partial charge in [-0.2, -0.15) is 0 Å². The van der Waals surface area contributed by atoms with E-state index in [1.807, 2.05) is 24.0 Å². The number of nitrogens with zero attached hydrogens (tertiary/aromatic N) is 1. The number of para-hydroxylation sites is 2. The third kappa shape index (κ3) is 3.66. The number of hydrogen-bond donors (Lipinski definition) is 2. The number of sulfonamides is 1. The maximum Gasteiger partial charge on any atom is 0.244 e. The Labute approximate surface area is 152 Å². The van der Waals surface area contributed by atoms with Crippen LogP contribution in [0.25, 0.3) is 0 Å². The molecule has 0 bridgehead atoms. The Morgan fingerprint density at radius 3 is 2.73 bits per heavy atom. The quantitative estimate of drug-likeness (QED) is 0.829. The molecule has 1 aliphatic rings. The van der Waals surface area contributed by atoms with Gasteiger partial charge in [-0.1, -0.05) is 12.1 Å². The molecule has 0 saturated heterocycles. The van der Waals surface area contributed by atoms with Crippen LogP contribution < -0.4 is 20.1 Å². The van der Waals surface area contributed by atoms with E-state index in [0.717, 1.165) is 11.3 Å². The van der Waals surface area contributed by atoms with Crippen LogP contribution in [0.3, 0.4) is 0 Å². The highest BCUT2D eigenvalue weighted by Gasteiger charge is 2.28. The number of primary sulfonamides is 1. The number of nitrogens with two attached hydrogens (primary N) is 1. The molecule has 1 heterocycles. The van der Waals surface area contributed by atoms with Crippen LogP contribution in [0.1, 0.15) is 12.5 Å². The van der Waals surface area contributed by atoms with Crippen molar-refractivity contribution in [3.8, 4) is 5.75 Å². The molecule has 0 fully saturated rings. The minimum Gasteiger partial charge on any atom is -0.495 e. The van der Waals surface area contributed by atoms with Crippen molar-refractivity contribution in [3.63, 3.8) is 0 Å². The van der Waals surface area contributed by atoms with Gasteiger partial charge in [0.25, 0.3) is 0 Å². The summed E-state index contributed by atoms with van der Waals surface area (Å²) in [4.78, 5) is 14.5. The summed E-state index contributed by atoms with van der Waals surface area (Å²) in [6.45, 7) is 2.15. The first kappa shape index (κ1) is 18.2. The highest BCUT2D eigenvalue weighted by molar-refractivity contribution is 7.89. The van der Waals surface area contributed by atoms with Crippen LogP contribution in [0.2, 0.25) is 0 Å². The number of benzene rings is 2. The van der Waals surface area contributed by atoms with Crippen LogP contribution >= 0.6 is 0 Å². The van der Waals surface area contributed by atoms with Gasteiger partial charge in [0.2, 0.25) is 15.9 Å². The van der Waals surface area contributed by atoms with Crippen LogP contribution in [-0.4, -0.2) is 34.0 Å². The Bertz CT molecular complexity index is 943. The second-order valence-electron chi connectivity index (χ2n) is 6.27. The van der Waals surface area contributed by atoms with Crippen molar-refractivity contribution in [2.45, 2.75) is 24.3 Å². The molecule has 0 aliphatic carbocycles. The Balaban J connectivity index is 1.78. The number of methoxy groups -OCH3 is 1. The molecule has 0 spiro atoms. The second kappa shape index (κ2) is 6.97. The topological polar surface area (TPSA) is 102 Å². The summed E-state index contributed by atoms with van der Waals surface area (Å²) in [5, 5.41) is 8.05. The lowest BCUT2D eigenvalue weighted by Gasteiger charge is -2.24. The van der Waals surface area contributed by atoms with E-state index in [2.05, 4.69) is 5.32 Å². The molecule has 3 N–H and O–H groups in total. The Morgan fingerprint density at radius 2 is 2.04 bits per heavy atom. The molecule has 1 unspecified atom stereocenters. The first-order valence-corrected chi connectivity index (χ1v) is 9.69. The van der Waals surface area contributed by atoms with Gasteiger partial charge in [-0.15, -0.1) is 0 Å². The van der Waals surface area contributed by atoms with Gasteiger partial charge in [-0.25, -0.2) is 13.6 Å². The Morgan fingerprint density at radius 1 is 1.31 bits per heavy atom. The molecule has 26 heavy (non-hydrogen) atoms. The average molecular weight is 375 g/mol. The zero-order chi connectivity index (χ0) is 18.9. The summed E-state index contributed by atoms with van der Waals surface area (Å²) < 4.78 is 28.3. The largest absolute Gasteiger partial charge is 0.495 e. The Kier molecular flexibility index (Phi) is 4.88. The number of amides is 1. The van der Waals surface area contributed by atoms with E-state index < -0.39 is 10.0 Å². The summed E-state index contributed by atoms with van der Waals surface area (Å²) in [6.07, 6.45) is 0.653. The number of fused-ring (bicyclic) bond motifs is 1. The predicted molar refractivity (Wildman–Crippen MR) is 100.0 cm³/mol. The minimum atomic E-state index is -3.74. The molecule has 1 aliphatic heterocycles. The lowest BCUT2D eigenvalue weighted by Crippen LogP contribution is -2.37. The number of carbonyl (C=O) groups is 1. The van der Waals surface area contributed by atoms with E-state index >= 15 is 0 Å². The average Bonchev–Trinajstić information content (AvgIpc) is 2.89. The summed E-state index contributed by atoms with van der Waals surface area (Å²) in [5.74, 6) is 0.415. The minimum absolute atomic E-state index is 0.0733. The summed E-state index contributed by atoms with van der Waals surface area (Å²) in [7, 11) is -2.19. The zero-order valence-electron chi connectivity index (χ0n) is 14.6. The SMILES string of the molecule is COc1ccccc1NC(=O)CN1c2ccc(S(N)(=O)=O)cc2CC1C. The van der Waals surface area contributed by atoms with Gasteiger partial charge in [-0.05, 0) is 49.2 Å². The third-order valence-electron chi connectivity index (χ3n) is 4.43. The molecule has 3 rings (SSSR count). The second-order valence-corrected chi connectivity index (χ2v) is 7.83. The maximum atomic E-state index is 12.5. The van der Waals surface area contributed by atoms with Gasteiger partial charge < -0.3 is 15.0 Å². The van der Waals surface area contributed by atoms with Crippen LogP contribution in [-0.2, 0) is 21.2 Å². The van der Waals surface area contributed by atoms with E-state index in [9.17, 15) is 13.2 Å². The number of anilines is 2. The molecule has 0 radical (unpaired) electrons. The molecule has 8 heteroatoms. The lowest BCUT2D eigenvalue weighted by atomic mass is 10.1. The van der Waals surface area contributed by atoms with Crippen LogP contribution in [0.5, 0.6) is 5.75 Å². The van der Waals surface area contributed by atoms with Gasteiger partial charge in [0, 0.05) is 11.7 Å². The van der Waals surface area contributed by atoms with Crippen molar-refractivity contribution in [2.75, 3.05) is 23.9 Å². The fraction of sp³-hybridized carbons (Fsp3) is 0.278. The standard InChI is InChI=1S/C18H21N3O4S/c1-12-9-13-10-14(26(19,23)24)7-8-16(13)21(12)11-18(22)20-15-5-3-4-6-17(15)25-2/h3-8,10,12H,9,11H2,1-2H3,(H,20,22)(H2,19,23,24). The monoisotopic (exact) mass is 375 g/mol. The first-order chi connectivity index (χ1) is 12.3. The number of carbonyl (C=O) groups excluding carboxylic acids is 1. The number of rotatable bonds is 5. The molecule has 0 saturated carbocycles. The highest BCUT2D eigenvalue weighted by atomic mass is 32.2. The van der Waals surface area contributed by atoms with Gasteiger partial charge in [-0.3, -0.25) is 4.79 Å². The zero-order valence-corrected chi connectivity index (χ0v) is 15.4. The van der Waals surface area contributed by atoms with Crippen molar-refractivity contribution in [2.24, 2.45) is 5.14 Å². The molecule has 7 nitrogen and oxygen atoms in total. The smallest absolute Gasteiger partial charge is 0.244 e. The van der Waals surface area contributed by atoms with Gasteiger partial charge in [0.15, 0.2) is 0 Å². The molecule has 2 aromatic rings. The van der Waals surface area contributed by atoms with E-state index in [4.69, 9.17) is 9.88 Å². The normalized spacial score (nSPS) is 16.3. The molecule has 138 valence electrons. The van der Waals surface area contributed by atoms with Gasteiger partial charge in [0.05, 0.1) is 24.2 Å². The van der Waals surface area contributed by atoms with E-state index in [-0.39, 0.29) is 23.4 Å². The third-order valence-corrected chi connectivity index (χ3v) is 5.34. The first-order valence-electron chi connectivity index (χ1n) is 8.15. The van der Waals surface area contributed by atoms with Crippen molar-refractivity contribution >= 4 is 27.3 Å². The fourth-order valence-corrected chi connectivity index (χ4v) is 3.75. The van der Waals surface area contributed by atoms with E-state index in [0.29, 0.717) is 17.9 Å². The molecular weight excluding hydrogens is 354 g/mol. The van der Waals surface area contributed by atoms with Crippen molar-refractivity contribution < 1.29 is 17.9 Å². The van der Waals surface area contributed by atoms with E-state index in [1.54, 1.807) is 31.4 Å². The van der Waals surface area contributed by atoms with Crippen molar-refractivity contribution in [3.05, 3.63) is 48.0 Å². The van der Waals surface area contributed by atoms with Crippen LogP contribution in [0, 0.1) is 0 Å². The Hall–Kier alpha value is -2.58. The summed E-state index contributed by atoms with van der Waals surface area (Å²) >= 11 is 0. The highest BCUT2D eigenvalue weighted by Crippen LogP contribution is 2.33.